The summed E-state index contributed by atoms with van der Waals surface area (Å²) >= 11 is 5.68. The van der Waals surface area contributed by atoms with Crippen LogP contribution in [0.3, 0.4) is 0 Å². The molecular weight excluding hydrogens is 208 g/mol. The van der Waals surface area contributed by atoms with E-state index in [1.54, 1.807) is 18.5 Å². The number of nitrogens with zero attached hydrogens (tertiary/aromatic N) is 1. The van der Waals surface area contributed by atoms with Crippen LogP contribution >= 0.6 is 11.6 Å². The van der Waals surface area contributed by atoms with Crippen molar-refractivity contribution in [1.29, 1.82) is 0 Å². The van der Waals surface area contributed by atoms with Gasteiger partial charge in [-0.25, -0.2) is 4.98 Å². The number of aromatic nitrogens is 1. The highest BCUT2D eigenvalue weighted by atomic mass is 35.5. The van der Waals surface area contributed by atoms with Gasteiger partial charge in [0, 0.05) is 41.2 Å². The Morgan fingerprint density at radius 1 is 1.69 bits per heavy atom. The zero-order valence-electron chi connectivity index (χ0n) is 7.29. The molecule has 0 saturated heterocycles. The van der Waals surface area contributed by atoms with E-state index in [0.29, 0.717) is 17.5 Å². The summed E-state index contributed by atoms with van der Waals surface area (Å²) in [7, 11) is -0.756. The van der Waals surface area contributed by atoms with Crippen LogP contribution < -0.4 is 5.32 Å². The first-order valence-electron chi connectivity index (χ1n) is 3.84. The van der Waals surface area contributed by atoms with Crippen LogP contribution in [0.25, 0.3) is 0 Å². The Hall–Kier alpha value is -0.610. The number of halogens is 1. The molecule has 3 nitrogen and oxygen atoms in total. The molecule has 0 spiro atoms. The molecule has 0 amide bonds. The summed E-state index contributed by atoms with van der Waals surface area (Å²) in [5.74, 6) is 0.639. The fraction of sp³-hybridized carbons (Fsp3) is 0.375. The third kappa shape index (κ3) is 4.24. The average Bonchev–Trinajstić information content (AvgIpc) is 2.03. The van der Waals surface area contributed by atoms with Crippen LogP contribution in [-0.4, -0.2) is 27.7 Å². The van der Waals surface area contributed by atoms with Crippen LogP contribution in [0.4, 0.5) is 5.69 Å². The highest BCUT2D eigenvalue weighted by molar-refractivity contribution is 7.84. The van der Waals surface area contributed by atoms with Crippen molar-refractivity contribution >= 4 is 28.1 Å². The third-order valence-electron chi connectivity index (χ3n) is 1.45. The van der Waals surface area contributed by atoms with Crippen molar-refractivity contribution < 1.29 is 4.21 Å². The predicted octanol–water partition coefficient (Wildman–Crippen LogP) is 1.53. The molecule has 0 radical (unpaired) electrons. The van der Waals surface area contributed by atoms with E-state index in [-0.39, 0.29) is 0 Å². The van der Waals surface area contributed by atoms with Gasteiger partial charge >= 0.3 is 0 Å². The van der Waals surface area contributed by atoms with Gasteiger partial charge in [-0.2, -0.15) is 0 Å². The van der Waals surface area contributed by atoms with Gasteiger partial charge in [0.15, 0.2) is 0 Å². The minimum atomic E-state index is -0.756. The summed E-state index contributed by atoms with van der Waals surface area (Å²) in [6, 6.07) is 3.56. The van der Waals surface area contributed by atoms with Gasteiger partial charge in [-0.3, -0.25) is 4.21 Å². The highest BCUT2D eigenvalue weighted by Crippen LogP contribution is 2.11. The molecule has 1 N–H and O–H groups in total. The Balaban J connectivity index is 2.41. The molecule has 72 valence electrons. The van der Waals surface area contributed by atoms with Gasteiger partial charge < -0.3 is 5.32 Å². The molecule has 0 saturated carbocycles. The molecule has 1 aromatic heterocycles. The van der Waals surface area contributed by atoms with Gasteiger partial charge in [-0.15, -0.1) is 0 Å². The molecule has 0 fully saturated rings. The quantitative estimate of drug-likeness (QED) is 0.780. The van der Waals surface area contributed by atoms with Crippen molar-refractivity contribution in [2.24, 2.45) is 0 Å². The zero-order chi connectivity index (χ0) is 9.68. The predicted molar refractivity (Wildman–Crippen MR) is 56.7 cm³/mol. The van der Waals surface area contributed by atoms with Crippen molar-refractivity contribution in [3.8, 4) is 0 Å². The summed E-state index contributed by atoms with van der Waals surface area (Å²) < 4.78 is 10.7. The average molecular weight is 219 g/mol. The van der Waals surface area contributed by atoms with E-state index < -0.39 is 10.8 Å². The Morgan fingerprint density at radius 2 is 2.46 bits per heavy atom. The Morgan fingerprint density at radius 3 is 3.08 bits per heavy atom. The summed E-state index contributed by atoms with van der Waals surface area (Å²) in [5.41, 5.74) is 0.908. The van der Waals surface area contributed by atoms with E-state index in [0.717, 1.165) is 5.69 Å². The molecule has 1 heterocycles. The molecule has 1 rings (SSSR count). The van der Waals surface area contributed by atoms with Gasteiger partial charge in [0.05, 0.1) is 0 Å². The maximum absolute atomic E-state index is 10.7. The molecule has 0 bridgehead atoms. The molecule has 13 heavy (non-hydrogen) atoms. The second kappa shape index (κ2) is 5.19. The molecule has 0 aliphatic carbocycles. The minimum absolute atomic E-state index is 0.461. The molecule has 0 aliphatic heterocycles. The first-order valence-corrected chi connectivity index (χ1v) is 5.94. The summed E-state index contributed by atoms with van der Waals surface area (Å²) in [5, 5.41) is 3.56. The second-order valence-corrected chi connectivity index (χ2v) is 4.51. The van der Waals surface area contributed by atoms with E-state index in [1.165, 1.54) is 0 Å². The zero-order valence-corrected chi connectivity index (χ0v) is 8.86. The number of nitrogens with one attached hydrogen (secondary N) is 1. The van der Waals surface area contributed by atoms with Crippen molar-refractivity contribution in [1.82, 2.24) is 4.98 Å². The lowest BCUT2D eigenvalue weighted by atomic mass is 10.4. The van der Waals surface area contributed by atoms with Gasteiger partial charge in [-0.1, -0.05) is 11.6 Å². The first kappa shape index (κ1) is 10.5. The Bertz CT molecular complexity index is 306. The van der Waals surface area contributed by atoms with Crippen molar-refractivity contribution in [3.05, 3.63) is 23.5 Å². The molecule has 1 unspecified atom stereocenters. The van der Waals surface area contributed by atoms with Gasteiger partial charge in [0.1, 0.15) is 5.15 Å². The molecule has 1 atom stereocenters. The van der Waals surface area contributed by atoms with E-state index in [1.807, 2.05) is 6.07 Å². The molecule has 0 aromatic carbocycles. The van der Waals surface area contributed by atoms with Gasteiger partial charge in [-0.05, 0) is 12.1 Å². The van der Waals surface area contributed by atoms with Crippen molar-refractivity contribution in [3.63, 3.8) is 0 Å². The number of hydrogen-bond donors (Lipinski definition) is 1. The maximum atomic E-state index is 10.7. The van der Waals surface area contributed by atoms with Crippen LogP contribution in [0.2, 0.25) is 5.15 Å². The molecule has 5 heteroatoms. The van der Waals surface area contributed by atoms with Gasteiger partial charge in [0.25, 0.3) is 0 Å². The lowest BCUT2D eigenvalue weighted by Gasteiger charge is -2.04. The topological polar surface area (TPSA) is 42.0 Å². The lowest BCUT2D eigenvalue weighted by molar-refractivity contribution is 0.687. The van der Waals surface area contributed by atoms with Gasteiger partial charge in [0.2, 0.25) is 0 Å². The number of anilines is 1. The normalized spacial score (nSPS) is 12.5. The largest absolute Gasteiger partial charge is 0.384 e. The molecule has 0 aliphatic rings. The summed E-state index contributed by atoms with van der Waals surface area (Å²) in [6.07, 6.45) is 3.31. The van der Waals surface area contributed by atoms with E-state index in [4.69, 9.17) is 11.6 Å². The first-order chi connectivity index (χ1) is 6.18. The fourth-order valence-corrected chi connectivity index (χ4v) is 1.41. The number of rotatable bonds is 4. The van der Waals surface area contributed by atoms with Crippen LogP contribution in [-0.2, 0) is 10.8 Å². The van der Waals surface area contributed by atoms with E-state index in [9.17, 15) is 4.21 Å². The smallest absolute Gasteiger partial charge is 0.131 e. The van der Waals surface area contributed by atoms with Crippen LogP contribution in [0.15, 0.2) is 18.3 Å². The maximum Gasteiger partial charge on any atom is 0.131 e. The molecular formula is C8H11ClN2OS. The van der Waals surface area contributed by atoms with Crippen LogP contribution in [0.1, 0.15) is 0 Å². The second-order valence-electron chi connectivity index (χ2n) is 2.57. The van der Waals surface area contributed by atoms with E-state index in [2.05, 4.69) is 10.3 Å². The summed E-state index contributed by atoms with van der Waals surface area (Å²) in [4.78, 5) is 3.85. The van der Waals surface area contributed by atoms with Crippen LogP contribution in [0.5, 0.6) is 0 Å². The SMILES string of the molecule is CS(=O)CCNc1ccnc(Cl)c1. The highest BCUT2D eigenvalue weighted by Gasteiger charge is 1.94. The lowest BCUT2D eigenvalue weighted by Crippen LogP contribution is -2.09. The van der Waals surface area contributed by atoms with Crippen molar-refractivity contribution in [2.75, 3.05) is 23.9 Å². The Labute approximate surface area is 85.0 Å². The van der Waals surface area contributed by atoms with Crippen molar-refractivity contribution in [2.45, 2.75) is 0 Å². The monoisotopic (exact) mass is 218 g/mol. The van der Waals surface area contributed by atoms with Crippen LogP contribution in [0, 0.1) is 0 Å². The Kier molecular flexibility index (Phi) is 4.18. The number of hydrogen-bond acceptors (Lipinski definition) is 3. The fourth-order valence-electron chi connectivity index (χ4n) is 0.852. The third-order valence-corrected chi connectivity index (χ3v) is 2.43. The minimum Gasteiger partial charge on any atom is -0.384 e. The summed E-state index contributed by atoms with van der Waals surface area (Å²) in [6.45, 7) is 0.684. The van der Waals surface area contributed by atoms with E-state index >= 15 is 0 Å². The molecule has 1 aromatic rings. The number of pyridine rings is 1. The standard InChI is InChI=1S/C8H11ClN2OS/c1-13(12)5-4-10-7-2-3-11-8(9)6-7/h2-3,6H,4-5H2,1H3,(H,10,11).